The van der Waals surface area contributed by atoms with Gasteiger partial charge in [0.1, 0.15) is 5.82 Å². The van der Waals surface area contributed by atoms with Gasteiger partial charge in [-0.1, -0.05) is 12.1 Å². The number of carbonyl (C=O) groups is 3. The molecule has 0 aliphatic carbocycles. The maximum absolute atomic E-state index is 13.0. The highest BCUT2D eigenvalue weighted by molar-refractivity contribution is 5.93. The van der Waals surface area contributed by atoms with E-state index in [0.717, 1.165) is 6.08 Å². The molecule has 0 aliphatic rings. The number of rotatable bonds is 5. The summed E-state index contributed by atoms with van der Waals surface area (Å²) in [6.07, 6.45) is 3.72. The average molecular weight is 332 g/mol. The molecule has 2 aromatic rings. The maximum atomic E-state index is 13.0. The lowest BCUT2D eigenvalue weighted by molar-refractivity contribution is -0.144. The average Bonchev–Trinajstić information content (AvgIpc) is 3.10. The second-order valence-corrected chi connectivity index (χ2v) is 4.48. The number of hydrogen-bond acceptors (Lipinski definition) is 5. The first-order valence-electron chi connectivity index (χ1n) is 6.77. The van der Waals surface area contributed by atoms with Gasteiger partial charge in [-0.05, 0) is 35.9 Å². The summed E-state index contributed by atoms with van der Waals surface area (Å²) in [5.74, 6) is -2.58. The molecule has 1 heterocycles. The SMILES string of the molecule is O=C(COC(=O)/C=C/c1cccc(F)c1)NNC(=O)c1ccco1. The van der Waals surface area contributed by atoms with Gasteiger partial charge >= 0.3 is 11.9 Å². The third kappa shape index (κ3) is 5.41. The Morgan fingerprint density at radius 1 is 1.17 bits per heavy atom. The molecule has 0 radical (unpaired) electrons. The molecule has 2 amide bonds. The fraction of sp³-hybridized carbons (Fsp3) is 0.0625. The van der Waals surface area contributed by atoms with E-state index < -0.39 is 30.2 Å². The fourth-order valence-corrected chi connectivity index (χ4v) is 1.59. The topological polar surface area (TPSA) is 97.6 Å². The van der Waals surface area contributed by atoms with Crippen molar-refractivity contribution in [2.45, 2.75) is 0 Å². The summed E-state index contributed by atoms with van der Waals surface area (Å²) in [6, 6.07) is 8.54. The van der Waals surface area contributed by atoms with Crippen molar-refractivity contribution in [3.8, 4) is 0 Å². The van der Waals surface area contributed by atoms with Crippen molar-refractivity contribution >= 4 is 23.9 Å². The molecule has 8 heteroatoms. The van der Waals surface area contributed by atoms with Crippen LogP contribution in [0.3, 0.4) is 0 Å². The van der Waals surface area contributed by atoms with Gasteiger partial charge in [0.05, 0.1) is 6.26 Å². The molecule has 1 aromatic heterocycles. The third-order valence-corrected chi connectivity index (χ3v) is 2.67. The first kappa shape index (κ1) is 16.9. The highest BCUT2D eigenvalue weighted by Crippen LogP contribution is 2.05. The minimum Gasteiger partial charge on any atom is -0.459 e. The van der Waals surface area contributed by atoms with Crippen molar-refractivity contribution in [1.29, 1.82) is 0 Å². The standard InChI is InChI=1S/C16H13FN2O5/c17-12-4-1-3-11(9-12)6-7-15(21)24-10-14(20)18-19-16(22)13-5-2-8-23-13/h1-9H,10H2,(H,18,20)(H,19,22)/b7-6+. The summed E-state index contributed by atoms with van der Waals surface area (Å²) in [6.45, 7) is -0.593. The van der Waals surface area contributed by atoms with E-state index in [1.807, 2.05) is 0 Å². The lowest BCUT2D eigenvalue weighted by Gasteiger charge is -2.05. The van der Waals surface area contributed by atoms with Gasteiger partial charge in [0.25, 0.3) is 5.91 Å². The van der Waals surface area contributed by atoms with Gasteiger partial charge in [-0.25, -0.2) is 9.18 Å². The van der Waals surface area contributed by atoms with E-state index in [2.05, 4.69) is 15.6 Å². The van der Waals surface area contributed by atoms with Crippen molar-refractivity contribution in [3.63, 3.8) is 0 Å². The number of esters is 1. The van der Waals surface area contributed by atoms with Crippen LogP contribution in [0.15, 0.2) is 53.2 Å². The Balaban J connectivity index is 1.71. The Labute approximate surface area is 136 Å². The lowest BCUT2D eigenvalue weighted by atomic mass is 10.2. The molecule has 0 saturated heterocycles. The molecule has 24 heavy (non-hydrogen) atoms. The smallest absolute Gasteiger partial charge is 0.331 e. The summed E-state index contributed by atoms with van der Waals surface area (Å²) < 4.78 is 22.4. The fourth-order valence-electron chi connectivity index (χ4n) is 1.59. The van der Waals surface area contributed by atoms with Gasteiger partial charge in [-0.2, -0.15) is 0 Å². The molecule has 124 valence electrons. The lowest BCUT2D eigenvalue weighted by Crippen LogP contribution is -2.43. The maximum Gasteiger partial charge on any atom is 0.331 e. The van der Waals surface area contributed by atoms with Gasteiger partial charge in [-0.3, -0.25) is 20.4 Å². The van der Waals surface area contributed by atoms with Crippen molar-refractivity contribution in [2.24, 2.45) is 0 Å². The summed E-state index contributed by atoms with van der Waals surface area (Å²) in [4.78, 5) is 34.3. The second-order valence-electron chi connectivity index (χ2n) is 4.48. The number of hydrogen-bond donors (Lipinski definition) is 2. The molecule has 2 N–H and O–H groups in total. The highest BCUT2D eigenvalue weighted by atomic mass is 19.1. The molecular formula is C16H13FN2O5. The number of carbonyl (C=O) groups excluding carboxylic acids is 3. The molecule has 0 atom stereocenters. The largest absolute Gasteiger partial charge is 0.459 e. The van der Waals surface area contributed by atoms with Gasteiger partial charge in [0, 0.05) is 6.08 Å². The van der Waals surface area contributed by atoms with E-state index in [-0.39, 0.29) is 5.76 Å². The number of ether oxygens (including phenoxy) is 1. The summed E-state index contributed by atoms with van der Waals surface area (Å²) in [7, 11) is 0. The molecule has 0 fully saturated rings. The van der Waals surface area contributed by atoms with Crippen LogP contribution in [0.1, 0.15) is 16.1 Å². The number of nitrogens with one attached hydrogen (secondary N) is 2. The van der Waals surface area contributed by atoms with Gasteiger partial charge in [-0.15, -0.1) is 0 Å². The first-order valence-corrected chi connectivity index (χ1v) is 6.77. The van der Waals surface area contributed by atoms with Crippen LogP contribution >= 0.6 is 0 Å². The quantitative estimate of drug-likeness (QED) is 0.490. The monoisotopic (exact) mass is 332 g/mol. The Morgan fingerprint density at radius 2 is 2.00 bits per heavy atom. The zero-order valence-corrected chi connectivity index (χ0v) is 12.3. The van der Waals surface area contributed by atoms with Gasteiger partial charge in [0.15, 0.2) is 12.4 Å². The Morgan fingerprint density at radius 3 is 2.71 bits per heavy atom. The van der Waals surface area contributed by atoms with Gasteiger partial charge in [0.2, 0.25) is 0 Å². The van der Waals surface area contributed by atoms with Crippen LogP contribution in [0.25, 0.3) is 6.08 Å². The van der Waals surface area contributed by atoms with Crippen LogP contribution < -0.4 is 10.9 Å². The van der Waals surface area contributed by atoms with Crippen LogP contribution in [0, 0.1) is 5.82 Å². The number of furan rings is 1. The summed E-state index contributed by atoms with van der Waals surface area (Å²) >= 11 is 0. The van der Waals surface area contributed by atoms with E-state index in [0.29, 0.717) is 5.56 Å². The number of amides is 2. The molecular weight excluding hydrogens is 319 g/mol. The molecule has 0 unspecified atom stereocenters. The van der Waals surface area contributed by atoms with Crippen LogP contribution in [-0.4, -0.2) is 24.4 Å². The van der Waals surface area contributed by atoms with E-state index in [4.69, 9.17) is 4.42 Å². The van der Waals surface area contributed by atoms with Crippen molar-refractivity contribution in [1.82, 2.24) is 10.9 Å². The highest BCUT2D eigenvalue weighted by Gasteiger charge is 2.10. The summed E-state index contributed by atoms with van der Waals surface area (Å²) in [5, 5.41) is 0. The van der Waals surface area contributed by atoms with Crippen molar-refractivity contribution in [2.75, 3.05) is 6.61 Å². The van der Waals surface area contributed by atoms with Crippen LogP contribution in [-0.2, 0) is 14.3 Å². The molecule has 7 nitrogen and oxygen atoms in total. The van der Waals surface area contributed by atoms with E-state index in [1.54, 1.807) is 6.07 Å². The molecule has 0 saturated carbocycles. The van der Waals surface area contributed by atoms with Crippen LogP contribution in [0.4, 0.5) is 4.39 Å². The molecule has 2 rings (SSSR count). The Bertz CT molecular complexity index is 756. The normalized spacial score (nSPS) is 10.4. The van der Waals surface area contributed by atoms with E-state index in [1.165, 1.54) is 42.7 Å². The van der Waals surface area contributed by atoms with Gasteiger partial charge < -0.3 is 9.15 Å². The second kappa shape index (κ2) is 8.28. The molecule has 0 spiro atoms. The van der Waals surface area contributed by atoms with E-state index in [9.17, 15) is 18.8 Å². The number of hydrazine groups is 1. The molecule has 0 bridgehead atoms. The predicted molar refractivity (Wildman–Crippen MR) is 80.7 cm³/mol. The van der Waals surface area contributed by atoms with Crippen LogP contribution in [0.2, 0.25) is 0 Å². The molecule has 1 aromatic carbocycles. The minimum atomic E-state index is -0.785. The zero-order valence-electron chi connectivity index (χ0n) is 12.3. The Hall–Kier alpha value is -3.42. The minimum absolute atomic E-state index is 0.0188. The molecule has 0 aliphatic heterocycles. The van der Waals surface area contributed by atoms with E-state index >= 15 is 0 Å². The number of benzene rings is 1. The predicted octanol–water partition coefficient (Wildman–Crippen LogP) is 1.44. The Kier molecular flexibility index (Phi) is 5.84. The van der Waals surface area contributed by atoms with Crippen molar-refractivity contribution in [3.05, 3.63) is 65.9 Å². The third-order valence-electron chi connectivity index (χ3n) is 2.67. The first-order chi connectivity index (χ1) is 11.5. The van der Waals surface area contributed by atoms with Crippen molar-refractivity contribution < 1.29 is 27.9 Å². The summed E-state index contributed by atoms with van der Waals surface area (Å²) in [5.41, 5.74) is 4.62. The number of halogens is 1. The van der Waals surface area contributed by atoms with Crippen LogP contribution in [0.5, 0.6) is 0 Å². The zero-order chi connectivity index (χ0) is 17.4.